The second-order valence-corrected chi connectivity index (χ2v) is 3.80. The third-order valence-electron chi connectivity index (χ3n) is 2.33. The molecule has 0 aromatic rings. The van der Waals surface area contributed by atoms with Crippen LogP contribution in [0.15, 0.2) is 5.16 Å². The van der Waals surface area contributed by atoms with Crippen LogP contribution in [0.25, 0.3) is 0 Å². The van der Waals surface area contributed by atoms with Gasteiger partial charge in [0.25, 0.3) is 0 Å². The van der Waals surface area contributed by atoms with Crippen molar-refractivity contribution in [3.8, 4) is 0 Å². The van der Waals surface area contributed by atoms with Crippen LogP contribution in [0.3, 0.4) is 0 Å². The molecule has 1 N–H and O–H groups in total. The van der Waals surface area contributed by atoms with E-state index in [2.05, 4.69) is 19.0 Å². The van der Waals surface area contributed by atoms with Gasteiger partial charge in [0.1, 0.15) is 0 Å². The van der Waals surface area contributed by atoms with E-state index < -0.39 is 0 Å². The fourth-order valence-corrected chi connectivity index (χ4v) is 1.43. The Bertz CT molecular complexity index is 123. The first-order chi connectivity index (χ1) is 6.31. The van der Waals surface area contributed by atoms with Crippen LogP contribution in [0.5, 0.6) is 0 Å². The first kappa shape index (κ1) is 12.5. The van der Waals surface area contributed by atoms with Gasteiger partial charge in [-0.05, 0) is 12.3 Å². The van der Waals surface area contributed by atoms with Gasteiger partial charge in [0.2, 0.25) is 0 Å². The van der Waals surface area contributed by atoms with Gasteiger partial charge in [-0.2, -0.15) is 0 Å². The predicted octanol–water partition coefficient (Wildman–Crippen LogP) is 3.83. The maximum absolute atomic E-state index is 8.28. The van der Waals surface area contributed by atoms with Crippen molar-refractivity contribution in [2.24, 2.45) is 11.1 Å². The van der Waals surface area contributed by atoms with Crippen molar-refractivity contribution in [2.75, 3.05) is 0 Å². The molecular weight excluding hydrogens is 162 g/mol. The molecule has 0 bridgehead atoms. The normalized spacial score (nSPS) is 13.7. The molecular formula is C11H23NO. The average Bonchev–Trinajstić information content (AvgIpc) is 2.11. The Balaban J connectivity index is 3.06. The Labute approximate surface area is 82.0 Å². The zero-order valence-corrected chi connectivity index (χ0v) is 9.00. The van der Waals surface area contributed by atoms with Crippen LogP contribution in [-0.4, -0.2) is 11.4 Å². The lowest BCUT2D eigenvalue weighted by atomic mass is 10.0. The summed E-state index contributed by atoms with van der Waals surface area (Å²) in [5.74, 6) is 0.427. The highest BCUT2D eigenvalue weighted by atomic mass is 16.4. The van der Waals surface area contributed by atoms with E-state index in [0.29, 0.717) is 5.92 Å². The Hall–Kier alpha value is -0.530. The van der Waals surface area contributed by atoms with Gasteiger partial charge >= 0.3 is 0 Å². The summed E-state index contributed by atoms with van der Waals surface area (Å²) in [5, 5.41) is 11.3. The van der Waals surface area contributed by atoms with Gasteiger partial charge in [-0.1, -0.05) is 52.4 Å². The zero-order valence-electron chi connectivity index (χ0n) is 9.00. The van der Waals surface area contributed by atoms with E-state index in [1.807, 2.05) is 0 Å². The van der Waals surface area contributed by atoms with E-state index in [1.54, 1.807) is 6.21 Å². The molecule has 0 radical (unpaired) electrons. The monoisotopic (exact) mass is 185 g/mol. The summed E-state index contributed by atoms with van der Waals surface area (Å²) >= 11 is 0. The van der Waals surface area contributed by atoms with Gasteiger partial charge in [-0.15, -0.1) is 5.16 Å². The largest absolute Gasteiger partial charge is 0.411 e. The average molecular weight is 185 g/mol. The van der Waals surface area contributed by atoms with Gasteiger partial charge < -0.3 is 5.21 Å². The van der Waals surface area contributed by atoms with Crippen LogP contribution < -0.4 is 0 Å². The van der Waals surface area contributed by atoms with Crippen molar-refractivity contribution in [2.45, 2.75) is 58.8 Å². The van der Waals surface area contributed by atoms with Crippen molar-refractivity contribution < 1.29 is 5.21 Å². The standard InChI is InChI=1S/C11H23NO/c1-3-4-5-6-7-8-9-11(2)10-12-13/h10-11,13H,3-9H2,1-2H3/b12-10+. The lowest BCUT2D eigenvalue weighted by Crippen LogP contribution is -1.95. The Kier molecular flexibility index (Phi) is 9.17. The molecule has 0 fully saturated rings. The Morgan fingerprint density at radius 1 is 1.15 bits per heavy atom. The molecule has 0 aromatic carbocycles. The van der Waals surface area contributed by atoms with E-state index in [4.69, 9.17) is 5.21 Å². The van der Waals surface area contributed by atoms with Crippen LogP contribution in [0.4, 0.5) is 0 Å². The van der Waals surface area contributed by atoms with Crippen molar-refractivity contribution in [3.05, 3.63) is 0 Å². The molecule has 0 aliphatic carbocycles. The van der Waals surface area contributed by atoms with Crippen molar-refractivity contribution in [3.63, 3.8) is 0 Å². The number of nitrogens with zero attached hydrogens (tertiary/aromatic N) is 1. The predicted molar refractivity (Wildman–Crippen MR) is 57.4 cm³/mol. The minimum Gasteiger partial charge on any atom is -0.411 e. The van der Waals surface area contributed by atoms with E-state index >= 15 is 0 Å². The lowest BCUT2D eigenvalue weighted by Gasteiger charge is -2.03. The summed E-state index contributed by atoms with van der Waals surface area (Å²) < 4.78 is 0. The number of unbranched alkanes of at least 4 members (excludes halogenated alkanes) is 5. The molecule has 0 aliphatic heterocycles. The first-order valence-electron chi connectivity index (χ1n) is 5.48. The van der Waals surface area contributed by atoms with Crippen LogP contribution >= 0.6 is 0 Å². The SMILES string of the molecule is CCCCCCCCC(C)/C=N/O. The first-order valence-corrected chi connectivity index (χ1v) is 5.48. The smallest absolute Gasteiger partial charge is 0.0464 e. The highest BCUT2D eigenvalue weighted by Gasteiger charge is 1.97. The molecule has 0 saturated carbocycles. The molecule has 0 aromatic heterocycles. The summed E-state index contributed by atoms with van der Waals surface area (Å²) in [4.78, 5) is 0. The molecule has 0 amide bonds. The highest BCUT2D eigenvalue weighted by molar-refractivity contribution is 5.58. The lowest BCUT2D eigenvalue weighted by molar-refractivity contribution is 0.318. The maximum Gasteiger partial charge on any atom is 0.0464 e. The fraction of sp³-hybridized carbons (Fsp3) is 0.909. The number of oxime groups is 1. The maximum atomic E-state index is 8.28. The van der Waals surface area contributed by atoms with Gasteiger partial charge in [0.05, 0.1) is 0 Å². The summed E-state index contributed by atoms with van der Waals surface area (Å²) in [6.45, 7) is 4.32. The number of hydrogen-bond donors (Lipinski definition) is 1. The third-order valence-corrected chi connectivity index (χ3v) is 2.33. The van der Waals surface area contributed by atoms with Crippen molar-refractivity contribution >= 4 is 6.21 Å². The van der Waals surface area contributed by atoms with Gasteiger partial charge in [-0.25, -0.2) is 0 Å². The fourth-order valence-electron chi connectivity index (χ4n) is 1.43. The molecule has 0 spiro atoms. The minimum atomic E-state index is 0.427. The Morgan fingerprint density at radius 2 is 1.77 bits per heavy atom. The molecule has 0 aliphatic rings. The molecule has 1 unspecified atom stereocenters. The van der Waals surface area contributed by atoms with Crippen LogP contribution in [0.1, 0.15) is 58.8 Å². The van der Waals surface area contributed by atoms with Crippen LogP contribution in [-0.2, 0) is 0 Å². The van der Waals surface area contributed by atoms with Crippen molar-refractivity contribution in [1.82, 2.24) is 0 Å². The molecule has 2 heteroatoms. The van der Waals surface area contributed by atoms with Gasteiger partial charge in [0, 0.05) is 6.21 Å². The summed E-state index contributed by atoms with van der Waals surface area (Å²) in [7, 11) is 0. The van der Waals surface area contributed by atoms with E-state index in [9.17, 15) is 0 Å². The third kappa shape index (κ3) is 9.38. The molecule has 13 heavy (non-hydrogen) atoms. The van der Waals surface area contributed by atoms with Crippen LogP contribution in [0.2, 0.25) is 0 Å². The van der Waals surface area contributed by atoms with E-state index in [-0.39, 0.29) is 0 Å². The minimum absolute atomic E-state index is 0.427. The molecule has 0 rings (SSSR count). The second-order valence-electron chi connectivity index (χ2n) is 3.80. The molecule has 0 heterocycles. The quantitative estimate of drug-likeness (QED) is 0.265. The van der Waals surface area contributed by atoms with E-state index in [1.165, 1.54) is 38.5 Å². The Morgan fingerprint density at radius 3 is 2.38 bits per heavy atom. The molecule has 78 valence electrons. The highest BCUT2D eigenvalue weighted by Crippen LogP contribution is 2.10. The molecule has 0 saturated heterocycles. The summed E-state index contributed by atoms with van der Waals surface area (Å²) in [6.07, 6.45) is 10.8. The number of hydrogen-bond acceptors (Lipinski definition) is 2. The van der Waals surface area contributed by atoms with Gasteiger partial charge in [-0.3, -0.25) is 0 Å². The van der Waals surface area contributed by atoms with Crippen LogP contribution in [0, 0.1) is 5.92 Å². The summed E-state index contributed by atoms with van der Waals surface area (Å²) in [5.41, 5.74) is 0. The number of rotatable bonds is 8. The molecule has 2 nitrogen and oxygen atoms in total. The van der Waals surface area contributed by atoms with E-state index in [0.717, 1.165) is 6.42 Å². The second kappa shape index (κ2) is 9.56. The topological polar surface area (TPSA) is 32.6 Å². The van der Waals surface area contributed by atoms with Gasteiger partial charge in [0.15, 0.2) is 0 Å². The molecule has 1 atom stereocenters. The zero-order chi connectivity index (χ0) is 9.94. The summed E-state index contributed by atoms with van der Waals surface area (Å²) in [6, 6.07) is 0. The van der Waals surface area contributed by atoms with Crippen molar-refractivity contribution in [1.29, 1.82) is 0 Å².